The fourth-order valence-corrected chi connectivity index (χ4v) is 1.46. The van der Waals surface area contributed by atoms with Crippen LogP contribution >= 0.6 is 0 Å². The van der Waals surface area contributed by atoms with Gasteiger partial charge in [0.25, 0.3) is 5.95 Å². The first-order valence-corrected chi connectivity index (χ1v) is 5.16. The zero-order valence-corrected chi connectivity index (χ0v) is 9.39. The van der Waals surface area contributed by atoms with Gasteiger partial charge in [-0.15, -0.1) is 0 Å². The third-order valence-electron chi connectivity index (χ3n) is 2.30. The van der Waals surface area contributed by atoms with E-state index < -0.39 is 5.95 Å². The number of para-hydroxylation sites is 1. The zero-order valence-electron chi connectivity index (χ0n) is 9.39. The highest BCUT2D eigenvalue weighted by Crippen LogP contribution is 2.20. The summed E-state index contributed by atoms with van der Waals surface area (Å²) in [6.45, 7) is 0.243. The Bertz CT molecular complexity index is 502. The average molecular weight is 233 g/mol. The van der Waals surface area contributed by atoms with Crippen LogP contribution in [-0.4, -0.2) is 12.1 Å². The Hall–Kier alpha value is -2.10. The van der Waals surface area contributed by atoms with Gasteiger partial charge in [-0.3, -0.25) is 0 Å². The van der Waals surface area contributed by atoms with E-state index in [2.05, 4.69) is 4.98 Å². The lowest BCUT2D eigenvalue weighted by atomic mass is 10.2. The van der Waals surface area contributed by atoms with Gasteiger partial charge in [0.15, 0.2) is 5.75 Å². The highest BCUT2D eigenvalue weighted by molar-refractivity contribution is 5.33. The number of rotatable bonds is 4. The Morgan fingerprint density at radius 2 is 1.88 bits per heavy atom. The van der Waals surface area contributed by atoms with E-state index in [4.69, 9.17) is 9.47 Å². The number of aromatic nitrogens is 1. The summed E-state index contributed by atoms with van der Waals surface area (Å²) in [6, 6.07) is 10.6. The molecule has 0 N–H and O–H groups in total. The third-order valence-corrected chi connectivity index (χ3v) is 2.30. The van der Waals surface area contributed by atoms with Crippen LogP contribution in [0.2, 0.25) is 0 Å². The van der Waals surface area contributed by atoms with Crippen molar-refractivity contribution in [1.82, 2.24) is 4.98 Å². The molecule has 0 amide bonds. The molecule has 88 valence electrons. The van der Waals surface area contributed by atoms with Crippen LogP contribution in [0.25, 0.3) is 0 Å². The second-order valence-electron chi connectivity index (χ2n) is 3.39. The summed E-state index contributed by atoms with van der Waals surface area (Å²) in [5, 5.41) is 0. The van der Waals surface area contributed by atoms with E-state index in [0.29, 0.717) is 0 Å². The standard InChI is InChI=1S/C13H12FNO2/c1-16-11-6-3-2-5-10(11)9-17-12-7-4-8-15-13(12)14/h2-8H,9H2,1H3. The molecule has 0 saturated heterocycles. The molecule has 0 radical (unpaired) electrons. The van der Waals surface area contributed by atoms with Crippen LogP contribution in [0.4, 0.5) is 4.39 Å². The Morgan fingerprint density at radius 3 is 2.65 bits per heavy atom. The maximum atomic E-state index is 13.2. The van der Waals surface area contributed by atoms with E-state index in [1.54, 1.807) is 13.2 Å². The fourth-order valence-electron chi connectivity index (χ4n) is 1.46. The largest absolute Gasteiger partial charge is 0.496 e. The van der Waals surface area contributed by atoms with Gasteiger partial charge < -0.3 is 9.47 Å². The first-order valence-electron chi connectivity index (χ1n) is 5.16. The molecule has 0 spiro atoms. The minimum atomic E-state index is -0.609. The van der Waals surface area contributed by atoms with Crippen LogP contribution < -0.4 is 9.47 Å². The number of ether oxygens (including phenoxy) is 2. The van der Waals surface area contributed by atoms with Crippen LogP contribution in [0.15, 0.2) is 42.6 Å². The van der Waals surface area contributed by atoms with Crippen LogP contribution in [0, 0.1) is 5.95 Å². The van der Waals surface area contributed by atoms with Crippen molar-refractivity contribution in [3.63, 3.8) is 0 Å². The van der Waals surface area contributed by atoms with Crippen molar-refractivity contribution in [2.45, 2.75) is 6.61 Å². The number of hydrogen-bond acceptors (Lipinski definition) is 3. The Labute approximate surface area is 98.8 Å². The molecule has 2 aromatic rings. The molecular weight excluding hydrogens is 221 g/mol. The van der Waals surface area contributed by atoms with Gasteiger partial charge in [0.2, 0.25) is 0 Å². The number of methoxy groups -OCH3 is 1. The van der Waals surface area contributed by atoms with Crippen molar-refractivity contribution in [3.05, 3.63) is 54.1 Å². The molecule has 0 atom stereocenters. The highest BCUT2D eigenvalue weighted by atomic mass is 19.1. The fraction of sp³-hybridized carbons (Fsp3) is 0.154. The Balaban J connectivity index is 2.10. The van der Waals surface area contributed by atoms with Crippen LogP contribution in [0.3, 0.4) is 0 Å². The number of hydrogen-bond donors (Lipinski definition) is 0. The maximum absolute atomic E-state index is 13.2. The molecule has 0 fully saturated rings. The number of benzene rings is 1. The zero-order chi connectivity index (χ0) is 12.1. The Kier molecular flexibility index (Phi) is 3.55. The predicted octanol–water partition coefficient (Wildman–Crippen LogP) is 2.81. The lowest BCUT2D eigenvalue weighted by molar-refractivity contribution is 0.278. The summed E-state index contributed by atoms with van der Waals surface area (Å²) in [5.74, 6) is 0.248. The summed E-state index contributed by atoms with van der Waals surface area (Å²) < 4.78 is 23.7. The molecule has 0 bridgehead atoms. The van der Waals surface area contributed by atoms with Gasteiger partial charge in [-0.2, -0.15) is 4.39 Å². The van der Waals surface area contributed by atoms with E-state index in [9.17, 15) is 4.39 Å². The number of halogens is 1. The molecule has 1 aromatic heterocycles. The summed E-state index contributed by atoms with van der Waals surface area (Å²) in [7, 11) is 1.59. The second-order valence-corrected chi connectivity index (χ2v) is 3.39. The van der Waals surface area contributed by atoms with Crippen LogP contribution in [0.1, 0.15) is 5.56 Å². The smallest absolute Gasteiger partial charge is 0.255 e. The van der Waals surface area contributed by atoms with Crippen molar-refractivity contribution in [3.8, 4) is 11.5 Å². The third kappa shape index (κ3) is 2.72. The first kappa shape index (κ1) is 11.4. The molecule has 0 aliphatic heterocycles. The van der Waals surface area contributed by atoms with Gasteiger partial charge >= 0.3 is 0 Å². The van der Waals surface area contributed by atoms with Crippen molar-refractivity contribution in [2.75, 3.05) is 7.11 Å². The highest BCUT2D eigenvalue weighted by Gasteiger charge is 2.06. The van der Waals surface area contributed by atoms with E-state index in [1.165, 1.54) is 12.3 Å². The molecule has 2 rings (SSSR count). The van der Waals surface area contributed by atoms with Gasteiger partial charge in [-0.1, -0.05) is 18.2 Å². The van der Waals surface area contributed by atoms with E-state index in [-0.39, 0.29) is 12.4 Å². The summed E-state index contributed by atoms with van der Waals surface area (Å²) in [4.78, 5) is 3.51. The molecule has 0 unspecified atom stereocenters. The molecule has 0 aliphatic carbocycles. The van der Waals surface area contributed by atoms with Gasteiger partial charge in [0.1, 0.15) is 12.4 Å². The second kappa shape index (κ2) is 5.30. The topological polar surface area (TPSA) is 31.4 Å². The first-order chi connectivity index (χ1) is 8.31. The lowest BCUT2D eigenvalue weighted by Crippen LogP contribution is -2.00. The number of pyridine rings is 1. The summed E-state index contributed by atoms with van der Waals surface area (Å²) in [6.07, 6.45) is 1.38. The van der Waals surface area contributed by atoms with Gasteiger partial charge in [-0.05, 0) is 18.2 Å². The number of nitrogens with zero attached hydrogens (tertiary/aromatic N) is 1. The quantitative estimate of drug-likeness (QED) is 0.761. The Morgan fingerprint density at radius 1 is 1.12 bits per heavy atom. The van der Waals surface area contributed by atoms with E-state index >= 15 is 0 Å². The van der Waals surface area contributed by atoms with Crippen molar-refractivity contribution < 1.29 is 13.9 Å². The van der Waals surface area contributed by atoms with E-state index in [0.717, 1.165) is 11.3 Å². The monoisotopic (exact) mass is 233 g/mol. The van der Waals surface area contributed by atoms with Crippen LogP contribution in [-0.2, 0) is 6.61 Å². The molecule has 0 saturated carbocycles. The molecular formula is C13H12FNO2. The minimum absolute atomic E-state index is 0.137. The summed E-state index contributed by atoms with van der Waals surface area (Å²) in [5.41, 5.74) is 0.859. The maximum Gasteiger partial charge on any atom is 0.255 e. The normalized spacial score (nSPS) is 10.0. The van der Waals surface area contributed by atoms with Gasteiger partial charge in [0.05, 0.1) is 7.11 Å². The van der Waals surface area contributed by atoms with Crippen LogP contribution in [0.5, 0.6) is 11.5 Å². The SMILES string of the molecule is COc1ccccc1COc1cccnc1F. The van der Waals surface area contributed by atoms with Gasteiger partial charge in [-0.25, -0.2) is 4.98 Å². The van der Waals surface area contributed by atoms with E-state index in [1.807, 2.05) is 24.3 Å². The predicted molar refractivity (Wildman–Crippen MR) is 61.5 cm³/mol. The van der Waals surface area contributed by atoms with Crippen molar-refractivity contribution in [1.29, 1.82) is 0 Å². The minimum Gasteiger partial charge on any atom is -0.496 e. The summed E-state index contributed by atoms with van der Waals surface area (Å²) >= 11 is 0. The van der Waals surface area contributed by atoms with Crippen molar-refractivity contribution in [2.24, 2.45) is 0 Å². The molecule has 4 heteroatoms. The average Bonchev–Trinajstić information content (AvgIpc) is 2.38. The molecule has 1 aromatic carbocycles. The molecule has 0 aliphatic rings. The lowest BCUT2D eigenvalue weighted by Gasteiger charge is -2.09. The molecule has 1 heterocycles. The van der Waals surface area contributed by atoms with Gasteiger partial charge in [0, 0.05) is 11.8 Å². The van der Waals surface area contributed by atoms with Crippen molar-refractivity contribution >= 4 is 0 Å². The molecule has 3 nitrogen and oxygen atoms in total. The molecule has 17 heavy (non-hydrogen) atoms.